The van der Waals surface area contributed by atoms with Gasteiger partial charge in [0.1, 0.15) is 0 Å². The number of Topliss-reactive ketones (excluding diaryl/α,β-unsaturated/α-hetero) is 1. The number of fused-ring (bicyclic) bond motifs is 1. The highest BCUT2D eigenvalue weighted by Crippen LogP contribution is 2.46. The van der Waals surface area contributed by atoms with Crippen molar-refractivity contribution in [2.24, 2.45) is 11.8 Å². The summed E-state index contributed by atoms with van der Waals surface area (Å²) in [4.78, 5) is 12.1. The lowest BCUT2D eigenvalue weighted by Gasteiger charge is -2.37. The molecule has 2 rings (SSSR count). The Morgan fingerprint density at radius 3 is 2.48 bits per heavy atom. The molecule has 0 amide bonds. The predicted molar refractivity (Wildman–Crippen MR) is 90.9 cm³/mol. The Kier molecular flexibility index (Phi) is 4.84. The molecule has 2 aliphatic rings. The largest absolute Gasteiger partial charge is 0.417 e. The van der Waals surface area contributed by atoms with Crippen LogP contribution in [0.4, 0.5) is 0 Å². The molecule has 1 fully saturated rings. The molecule has 2 aliphatic carbocycles. The van der Waals surface area contributed by atoms with E-state index in [0.717, 1.165) is 32.3 Å². The van der Waals surface area contributed by atoms with Crippen molar-refractivity contribution in [1.82, 2.24) is 0 Å². The van der Waals surface area contributed by atoms with Gasteiger partial charge in [-0.05, 0) is 54.8 Å². The predicted octanol–water partition coefficient (Wildman–Crippen LogP) is 5.10. The van der Waals surface area contributed by atoms with Crippen molar-refractivity contribution >= 4 is 14.1 Å². The van der Waals surface area contributed by atoms with Crippen molar-refractivity contribution in [3.63, 3.8) is 0 Å². The van der Waals surface area contributed by atoms with E-state index in [1.165, 1.54) is 17.6 Å². The van der Waals surface area contributed by atoms with Crippen LogP contribution in [0.1, 0.15) is 59.8 Å². The minimum atomic E-state index is -1.64. The fraction of sp³-hybridized carbons (Fsp3) is 0.833. The van der Waals surface area contributed by atoms with E-state index in [2.05, 4.69) is 40.8 Å². The van der Waals surface area contributed by atoms with E-state index >= 15 is 0 Å². The Hall–Kier alpha value is -0.413. The number of carbonyl (C=O) groups is 1. The van der Waals surface area contributed by atoms with Gasteiger partial charge in [0.2, 0.25) is 0 Å². The van der Waals surface area contributed by atoms with Gasteiger partial charge in [-0.25, -0.2) is 0 Å². The van der Waals surface area contributed by atoms with Crippen molar-refractivity contribution in [2.45, 2.75) is 77.9 Å². The van der Waals surface area contributed by atoms with E-state index in [1.807, 2.05) is 0 Å². The number of rotatable bonds is 5. The fourth-order valence-corrected chi connectivity index (χ4v) is 4.51. The first-order chi connectivity index (χ1) is 9.65. The lowest BCUT2D eigenvalue weighted by atomic mass is 10.0. The van der Waals surface area contributed by atoms with Crippen LogP contribution in [0.15, 0.2) is 11.1 Å². The molecule has 0 radical (unpaired) electrons. The smallest absolute Gasteiger partial charge is 0.191 e. The second kappa shape index (κ2) is 6.00. The van der Waals surface area contributed by atoms with Crippen LogP contribution in [0, 0.1) is 11.8 Å². The Morgan fingerprint density at radius 1 is 1.24 bits per heavy atom. The highest BCUT2D eigenvalue weighted by molar-refractivity contribution is 6.74. The number of hydrogen-bond donors (Lipinski definition) is 0. The molecule has 0 aromatic rings. The summed E-state index contributed by atoms with van der Waals surface area (Å²) in [6, 6.07) is 0. The zero-order valence-electron chi connectivity index (χ0n) is 14.7. The van der Waals surface area contributed by atoms with Crippen molar-refractivity contribution in [1.29, 1.82) is 0 Å². The van der Waals surface area contributed by atoms with Gasteiger partial charge in [0.05, 0.1) is 0 Å². The quantitative estimate of drug-likeness (QED) is 0.660. The van der Waals surface area contributed by atoms with E-state index in [0.29, 0.717) is 17.6 Å². The third-order valence-electron chi connectivity index (χ3n) is 5.76. The van der Waals surface area contributed by atoms with E-state index in [-0.39, 0.29) is 5.04 Å². The highest BCUT2D eigenvalue weighted by Gasteiger charge is 2.41. The third kappa shape index (κ3) is 3.50. The first-order valence-corrected chi connectivity index (χ1v) is 11.5. The van der Waals surface area contributed by atoms with Crippen molar-refractivity contribution in [2.75, 3.05) is 6.61 Å². The standard InChI is InChI=1S/C18H32O2Si/c1-7-8-15-16-10-13(9-14(16)11-17(15)19)12-20-21(5,6)18(2,3)4/h13-14H,7-12H2,1-6H3. The SMILES string of the molecule is CCCC1=C2CC(CO[Si](C)(C)C(C)(C)C)CC2CC1=O. The van der Waals surface area contributed by atoms with Gasteiger partial charge in [-0.3, -0.25) is 4.79 Å². The van der Waals surface area contributed by atoms with Gasteiger partial charge >= 0.3 is 0 Å². The van der Waals surface area contributed by atoms with Crippen LogP contribution in [0.25, 0.3) is 0 Å². The zero-order chi connectivity index (χ0) is 15.8. The monoisotopic (exact) mass is 308 g/mol. The molecule has 0 saturated heterocycles. The molecule has 0 bridgehead atoms. The molecular formula is C18H32O2Si. The molecule has 3 heteroatoms. The van der Waals surface area contributed by atoms with Gasteiger partial charge in [-0.1, -0.05) is 39.7 Å². The maximum atomic E-state index is 12.1. The van der Waals surface area contributed by atoms with Gasteiger partial charge in [0.15, 0.2) is 14.1 Å². The lowest BCUT2D eigenvalue weighted by Crippen LogP contribution is -2.41. The summed E-state index contributed by atoms with van der Waals surface area (Å²) >= 11 is 0. The molecule has 0 aromatic heterocycles. The molecule has 0 heterocycles. The second-order valence-corrected chi connectivity index (χ2v) is 13.3. The number of carbonyl (C=O) groups excluding carboxylic acids is 1. The van der Waals surface area contributed by atoms with E-state index < -0.39 is 8.32 Å². The van der Waals surface area contributed by atoms with Crippen molar-refractivity contribution in [3.8, 4) is 0 Å². The number of ketones is 1. The van der Waals surface area contributed by atoms with E-state index in [1.54, 1.807) is 0 Å². The van der Waals surface area contributed by atoms with Crippen LogP contribution in [-0.4, -0.2) is 20.7 Å². The minimum Gasteiger partial charge on any atom is -0.417 e. The minimum absolute atomic E-state index is 0.282. The topological polar surface area (TPSA) is 26.3 Å². The molecular weight excluding hydrogens is 276 g/mol. The summed E-state index contributed by atoms with van der Waals surface area (Å²) in [5.41, 5.74) is 2.67. The molecule has 21 heavy (non-hydrogen) atoms. The molecule has 1 saturated carbocycles. The number of allylic oxidation sites excluding steroid dienone is 2. The Bertz CT molecular complexity index is 443. The van der Waals surface area contributed by atoms with Gasteiger partial charge in [0.25, 0.3) is 0 Å². The first kappa shape index (κ1) is 16.9. The van der Waals surface area contributed by atoms with Crippen LogP contribution in [0.3, 0.4) is 0 Å². The summed E-state index contributed by atoms with van der Waals surface area (Å²) in [5, 5.41) is 0.282. The molecule has 0 aromatic carbocycles. The molecule has 0 spiro atoms. The lowest BCUT2D eigenvalue weighted by molar-refractivity contribution is -0.115. The summed E-state index contributed by atoms with van der Waals surface area (Å²) in [6.45, 7) is 14.6. The Morgan fingerprint density at radius 2 is 1.90 bits per heavy atom. The van der Waals surface area contributed by atoms with Gasteiger partial charge in [-0.2, -0.15) is 0 Å². The molecule has 2 unspecified atom stereocenters. The second-order valence-electron chi connectivity index (χ2n) is 8.46. The first-order valence-electron chi connectivity index (χ1n) is 8.54. The summed E-state index contributed by atoms with van der Waals surface area (Å²) in [7, 11) is -1.64. The van der Waals surface area contributed by atoms with Crippen molar-refractivity contribution < 1.29 is 9.22 Å². The van der Waals surface area contributed by atoms with E-state index in [4.69, 9.17) is 4.43 Å². The molecule has 120 valence electrons. The summed E-state index contributed by atoms with van der Waals surface area (Å²) in [5.74, 6) is 1.62. The zero-order valence-corrected chi connectivity index (χ0v) is 15.7. The van der Waals surface area contributed by atoms with Crippen LogP contribution in [-0.2, 0) is 9.22 Å². The molecule has 2 nitrogen and oxygen atoms in total. The average Bonchev–Trinajstić information content (AvgIpc) is 2.85. The highest BCUT2D eigenvalue weighted by atomic mass is 28.4. The van der Waals surface area contributed by atoms with Crippen LogP contribution in [0.2, 0.25) is 18.1 Å². The summed E-state index contributed by atoms with van der Waals surface area (Å²) < 4.78 is 6.40. The normalized spacial score (nSPS) is 26.7. The fourth-order valence-electron chi connectivity index (χ4n) is 3.43. The van der Waals surface area contributed by atoms with Crippen molar-refractivity contribution in [3.05, 3.63) is 11.1 Å². The maximum Gasteiger partial charge on any atom is 0.191 e. The molecule has 0 N–H and O–H groups in total. The van der Waals surface area contributed by atoms with Gasteiger partial charge < -0.3 is 4.43 Å². The van der Waals surface area contributed by atoms with Crippen LogP contribution >= 0.6 is 0 Å². The summed E-state index contributed by atoms with van der Waals surface area (Å²) in [6.07, 6.45) is 5.13. The number of hydrogen-bond acceptors (Lipinski definition) is 2. The van der Waals surface area contributed by atoms with Crippen LogP contribution in [0.5, 0.6) is 0 Å². The Balaban J connectivity index is 1.97. The third-order valence-corrected chi connectivity index (χ3v) is 10.3. The molecule has 2 atom stereocenters. The van der Waals surface area contributed by atoms with Gasteiger partial charge in [0, 0.05) is 13.0 Å². The average molecular weight is 309 g/mol. The maximum absolute atomic E-state index is 12.1. The Labute approximate surface area is 131 Å². The van der Waals surface area contributed by atoms with Crippen LogP contribution < -0.4 is 0 Å². The van der Waals surface area contributed by atoms with Gasteiger partial charge in [-0.15, -0.1) is 0 Å². The van der Waals surface area contributed by atoms with E-state index in [9.17, 15) is 4.79 Å². The molecule has 0 aliphatic heterocycles.